The summed E-state index contributed by atoms with van der Waals surface area (Å²) in [7, 11) is 4.07. The van der Waals surface area contributed by atoms with Gasteiger partial charge in [0.1, 0.15) is 0 Å². The summed E-state index contributed by atoms with van der Waals surface area (Å²) in [6.07, 6.45) is 0. The van der Waals surface area contributed by atoms with Gasteiger partial charge < -0.3 is 4.90 Å². The summed E-state index contributed by atoms with van der Waals surface area (Å²) < 4.78 is 0. The molecule has 1 aromatic carbocycles. The summed E-state index contributed by atoms with van der Waals surface area (Å²) in [6, 6.07) is 10.3. The monoisotopic (exact) mass is 193 g/mol. The van der Waals surface area contributed by atoms with Crippen LogP contribution in [0.1, 0.15) is 27.7 Å². The minimum Gasteiger partial charge on any atom is -0.378 e. The number of rotatable bonds is 1. The van der Waals surface area contributed by atoms with E-state index in [9.17, 15) is 0 Å². The Hall–Kier alpha value is -0.980. The molecule has 1 nitrogen and oxygen atoms in total. The van der Waals surface area contributed by atoms with Crippen molar-refractivity contribution in [2.75, 3.05) is 19.0 Å². The third-order valence-corrected chi connectivity index (χ3v) is 1.27. The number of anilines is 1. The highest BCUT2D eigenvalue weighted by Crippen LogP contribution is 2.08. The fourth-order valence-corrected chi connectivity index (χ4v) is 0.726. The van der Waals surface area contributed by atoms with Crippen molar-refractivity contribution in [2.24, 2.45) is 5.41 Å². The molecule has 1 rings (SSSR count). The minimum atomic E-state index is 0.500. The van der Waals surface area contributed by atoms with E-state index in [1.54, 1.807) is 0 Å². The van der Waals surface area contributed by atoms with Crippen LogP contribution in [0, 0.1) is 5.41 Å². The topological polar surface area (TPSA) is 3.24 Å². The van der Waals surface area contributed by atoms with Gasteiger partial charge in [-0.1, -0.05) is 45.9 Å². The predicted octanol–water partition coefficient (Wildman–Crippen LogP) is 3.81. The Balaban J connectivity index is 0.000000292. The lowest BCUT2D eigenvalue weighted by Gasteiger charge is -2.10. The quantitative estimate of drug-likeness (QED) is 0.655. The molecule has 0 bridgehead atoms. The molecule has 0 aliphatic rings. The summed E-state index contributed by atoms with van der Waals surface area (Å²) in [4.78, 5) is 2.08. The lowest BCUT2D eigenvalue weighted by Crippen LogP contribution is -2.07. The Morgan fingerprint density at radius 1 is 0.857 bits per heavy atom. The smallest absolute Gasteiger partial charge is 0.0360 e. The van der Waals surface area contributed by atoms with Gasteiger partial charge in [-0.2, -0.15) is 0 Å². The van der Waals surface area contributed by atoms with Crippen LogP contribution in [-0.2, 0) is 0 Å². The molecule has 0 aliphatic heterocycles. The zero-order valence-corrected chi connectivity index (χ0v) is 10.3. The molecular weight excluding hydrogens is 170 g/mol. The van der Waals surface area contributed by atoms with Crippen molar-refractivity contribution in [1.29, 1.82) is 0 Å². The largest absolute Gasteiger partial charge is 0.378 e. The molecule has 0 fully saturated rings. The fourth-order valence-electron chi connectivity index (χ4n) is 0.726. The minimum absolute atomic E-state index is 0.500. The summed E-state index contributed by atoms with van der Waals surface area (Å²) in [5, 5.41) is 0. The van der Waals surface area contributed by atoms with E-state index in [-0.39, 0.29) is 0 Å². The van der Waals surface area contributed by atoms with Gasteiger partial charge in [0.05, 0.1) is 0 Å². The van der Waals surface area contributed by atoms with Crippen LogP contribution in [-0.4, -0.2) is 14.1 Å². The van der Waals surface area contributed by atoms with Crippen LogP contribution in [0.5, 0.6) is 0 Å². The van der Waals surface area contributed by atoms with Gasteiger partial charge in [-0.3, -0.25) is 0 Å². The van der Waals surface area contributed by atoms with Gasteiger partial charge in [0.2, 0.25) is 0 Å². The van der Waals surface area contributed by atoms with Crippen LogP contribution >= 0.6 is 0 Å². The molecule has 1 aromatic rings. The molecule has 14 heavy (non-hydrogen) atoms. The molecule has 1 heteroatoms. The highest BCUT2D eigenvalue weighted by atomic mass is 15.1. The molecule has 0 radical (unpaired) electrons. The van der Waals surface area contributed by atoms with Gasteiger partial charge in [-0.05, 0) is 17.5 Å². The van der Waals surface area contributed by atoms with Crippen molar-refractivity contribution in [3.63, 3.8) is 0 Å². The standard InChI is InChI=1S/C8H11N.C5H12/c1-9(2)8-6-4-3-5-7-8;1-5(2,3)4/h3-7H,1-2H3;1-4H3. The maximum Gasteiger partial charge on any atom is 0.0360 e. The lowest BCUT2D eigenvalue weighted by atomic mass is 10.0. The Labute approximate surface area is 88.8 Å². The molecule has 0 aromatic heterocycles. The Kier molecular flexibility index (Phi) is 5.29. The molecule has 80 valence electrons. The molecular formula is C13H23N. The van der Waals surface area contributed by atoms with Crippen molar-refractivity contribution in [3.05, 3.63) is 30.3 Å². The summed E-state index contributed by atoms with van der Waals surface area (Å²) in [6.45, 7) is 8.75. The molecule has 0 saturated carbocycles. The van der Waals surface area contributed by atoms with Gasteiger partial charge >= 0.3 is 0 Å². The second-order valence-electron chi connectivity index (χ2n) is 5.23. The molecule has 0 aliphatic carbocycles. The van der Waals surface area contributed by atoms with Crippen LogP contribution < -0.4 is 4.90 Å². The van der Waals surface area contributed by atoms with Crippen molar-refractivity contribution >= 4 is 5.69 Å². The van der Waals surface area contributed by atoms with E-state index >= 15 is 0 Å². The van der Waals surface area contributed by atoms with Crippen LogP contribution in [0.15, 0.2) is 30.3 Å². The first-order chi connectivity index (χ1) is 6.30. The third kappa shape index (κ3) is 9.11. The summed E-state index contributed by atoms with van der Waals surface area (Å²) in [5.41, 5.74) is 1.75. The lowest BCUT2D eigenvalue weighted by molar-refractivity contribution is 0.469. The van der Waals surface area contributed by atoms with E-state index < -0.39 is 0 Å². The Morgan fingerprint density at radius 2 is 1.21 bits per heavy atom. The van der Waals surface area contributed by atoms with Gasteiger partial charge in [0.15, 0.2) is 0 Å². The third-order valence-electron chi connectivity index (χ3n) is 1.27. The van der Waals surface area contributed by atoms with Crippen molar-refractivity contribution in [2.45, 2.75) is 27.7 Å². The van der Waals surface area contributed by atoms with Gasteiger partial charge in [-0.25, -0.2) is 0 Å². The first-order valence-electron chi connectivity index (χ1n) is 5.03. The number of benzene rings is 1. The normalized spacial score (nSPS) is 10.1. The second-order valence-corrected chi connectivity index (χ2v) is 5.23. The Morgan fingerprint density at radius 3 is 1.43 bits per heavy atom. The molecule has 0 N–H and O–H groups in total. The predicted molar refractivity (Wildman–Crippen MR) is 65.9 cm³/mol. The Bertz CT molecular complexity index is 225. The maximum atomic E-state index is 2.19. The second kappa shape index (κ2) is 5.69. The van der Waals surface area contributed by atoms with Crippen LogP contribution in [0.2, 0.25) is 0 Å². The van der Waals surface area contributed by atoms with Crippen molar-refractivity contribution in [3.8, 4) is 0 Å². The van der Waals surface area contributed by atoms with Crippen LogP contribution in [0.3, 0.4) is 0 Å². The zero-order chi connectivity index (χ0) is 11.2. The molecule has 0 amide bonds. The number of para-hydroxylation sites is 1. The van der Waals surface area contributed by atoms with Crippen molar-refractivity contribution < 1.29 is 0 Å². The van der Waals surface area contributed by atoms with E-state index in [1.807, 2.05) is 32.3 Å². The molecule has 0 atom stereocenters. The first kappa shape index (κ1) is 13.0. The van der Waals surface area contributed by atoms with E-state index in [0.717, 1.165) is 0 Å². The van der Waals surface area contributed by atoms with Gasteiger partial charge in [0.25, 0.3) is 0 Å². The summed E-state index contributed by atoms with van der Waals surface area (Å²) in [5.74, 6) is 0. The summed E-state index contributed by atoms with van der Waals surface area (Å²) >= 11 is 0. The average Bonchev–Trinajstić information content (AvgIpc) is 2.03. The first-order valence-corrected chi connectivity index (χ1v) is 5.03. The molecule has 0 unspecified atom stereocenters. The zero-order valence-electron chi connectivity index (χ0n) is 10.3. The number of hydrogen-bond acceptors (Lipinski definition) is 1. The molecule has 0 spiro atoms. The number of hydrogen-bond donors (Lipinski definition) is 0. The van der Waals surface area contributed by atoms with E-state index in [0.29, 0.717) is 5.41 Å². The highest BCUT2D eigenvalue weighted by molar-refractivity contribution is 5.43. The van der Waals surface area contributed by atoms with Crippen molar-refractivity contribution in [1.82, 2.24) is 0 Å². The number of nitrogens with zero attached hydrogens (tertiary/aromatic N) is 1. The SMILES string of the molecule is CC(C)(C)C.CN(C)c1ccccc1. The van der Waals surface area contributed by atoms with E-state index in [2.05, 4.69) is 44.7 Å². The average molecular weight is 193 g/mol. The van der Waals surface area contributed by atoms with Gasteiger partial charge in [0, 0.05) is 19.8 Å². The maximum absolute atomic E-state index is 2.19. The molecule has 0 saturated heterocycles. The van der Waals surface area contributed by atoms with E-state index in [1.165, 1.54) is 5.69 Å². The van der Waals surface area contributed by atoms with E-state index in [4.69, 9.17) is 0 Å². The molecule has 0 heterocycles. The van der Waals surface area contributed by atoms with Crippen LogP contribution in [0.25, 0.3) is 0 Å². The fraction of sp³-hybridized carbons (Fsp3) is 0.538. The van der Waals surface area contributed by atoms with Crippen LogP contribution in [0.4, 0.5) is 5.69 Å². The highest BCUT2D eigenvalue weighted by Gasteiger charge is 1.95. The van der Waals surface area contributed by atoms with Gasteiger partial charge in [-0.15, -0.1) is 0 Å².